The van der Waals surface area contributed by atoms with Gasteiger partial charge in [-0.05, 0) is 71.8 Å². The van der Waals surface area contributed by atoms with E-state index in [9.17, 15) is 9.18 Å². The van der Waals surface area contributed by atoms with Crippen LogP contribution in [0.1, 0.15) is 34.8 Å². The van der Waals surface area contributed by atoms with Crippen LogP contribution in [0.3, 0.4) is 0 Å². The van der Waals surface area contributed by atoms with E-state index in [1.807, 2.05) is 24.3 Å². The minimum absolute atomic E-state index is 0.0427. The van der Waals surface area contributed by atoms with Crippen LogP contribution in [-0.4, -0.2) is 35.7 Å². The minimum atomic E-state index is -1.46. The summed E-state index contributed by atoms with van der Waals surface area (Å²) in [5, 5.41) is 12.8. The number of rotatable bonds is 11. The predicted molar refractivity (Wildman–Crippen MR) is 169 cm³/mol. The van der Waals surface area contributed by atoms with Crippen molar-refractivity contribution in [2.24, 2.45) is 4.99 Å². The van der Waals surface area contributed by atoms with Crippen molar-refractivity contribution < 1.29 is 23.8 Å². The molecule has 0 saturated carbocycles. The number of nitrogens with zero attached hydrogens (tertiary/aromatic N) is 1. The second kappa shape index (κ2) is 13.9. The van der Waals surface area contributed by atoms with E-state index < -0.39 is 11.6 Å². The number of nitrogens with one attached hydrogen (secondary N) is 1. The Kier molecular flexibility index (Phi) is 10.0. The van der Waals surface area contributed by atoms with Crippen molar-refractivity contribution in [2.45, 2.75) is 31.0 Å². The summed E-state index contributed by atoms with van der Waals surface area (Å²) >= 11 is 16.4. The summed E-state index contributed by atoms with van der Waals surface area (Å²) < 4.78 is 26.6. The summed E-state index contributed by atoms with van der Waals surface area (Å²) in [5.41, 5.74) is 1.33. The zero-order valence-corrected chi connectivity index (χ0v) is 26.0. The highest BCUT2D eigenvalue weighted by Gasteiger charge is 2.53. The molecule has 1 aliphatic heterocycles. The Morgan fingerprint density at radius 3 is 2.37 bits per heavy atom. The quantitative estimate of drug-likeness (QED) is 0.161. The van der Waals surface area contributed by atoms with Gasteiger partial charge in [-0.1, -0.05) is 69.5 Å². The average molecular weight is 686 g/mol. The van der Waals surface area contributed by atoms with Crippen molar-refractivity contribution in [1.82, 2.24) is 5.32 Å². The zero-order valence-electron chi connectivity index (χ0n) is 22.9. The molecule has 0 spiro atoms. The molecule has 4 aromatic carbocycles. The molecule has 1 heterocycles. The van der Waals surface area contributed by atoms with Crippen LogP contribution in [0.5, 0.6) is 5.75 Å². The Bertz CT molecular complexity index is 1600. The highest BCUT2D eigenvalue weighted by Crippen LogP contribution is 2.45. The average Bonchev–Trinajstić information content (AvgIpc) is 3.38. The van der Waals surface area contributed by atoms with Crippen LogP contribution in [0.4, 0.5) is 4.39 Å². The van der Waals surface area contributed by atoms with Gasteiger partial charge in [-0.15, -0.1) is 0 Å². The maximum absolute atomic E-state index is 14.3. The van der Waals surface area contributed by atoms with Crippen molar-refractivity contribution in [3.05, 3.63) is 134 Å². The molecule has 0 unspecified atom stereocenters. The van der Waals surface area contributed by atoms with E-state index in [0.717, 1.165) is 15.6 Å². The van der Waals surface area contributed by atoms with Gasteiger partial charge in [0.15, 0.2) is 11.6 Å². The maximum Gasteiger partial charge on any atom is 0.252 e. The number of aliphatic imine (C=N–C) groups is 1. The van der Waals surface area contributed by atoms with Gasteiger partial charge in [0.25, 0.3) is 5.91 Å². The summed E-state index contributed by atoms with van der Waals surface area (Å²) in [4.78, 5) is 19.3. The Labute approximate surface area is 267 Å². The fourth-order valence-electron chi connectivity index (χ4n) is 4.82. The molecule has 2 atom stereocenters. The fraction of sp³-hybridized carbons (Fsp3) is 0.212. The van der Waals surface area contributed by atoms with Crippen LogP contribution in [-0.2, 0) is 22.5 Å². The minimum Gasteiger partial charge on any atom is -0.494 e. The van der Waals surface area contributed by atoms with Crippen molar-refractivity contribution in [3.63, 3.8) is 0 Å². The third-order valence-corrected chi connectivity index (χ3v) is 8.12. The smallest absolute Gasteiger partial charge is 0.252 e. The molecule has 222 valence electrons. The first kappa shape index (κ1) is 31.0. The summed E-state index contributed by atoms with van der Waals surface area (Å²) in [7, 11) is 0. The molecular formula is C33H28BrCl2FN2O4. The third kappa shape index (κ3) is 7.39. The first-order valence-electron chi connectivity index (χ1n) is 13.6. The standard InChI is InChI=1S/C33H28BrCl2FN2O4/c34-24-8-2-21(3-9-24)19-33(32(41)38-20-22-4-11-26(37)12-5-22)30(28-15-10-25(35)18-29(28)36)43-31(39-33)23-6-13-27(14-7-23)42-17-1-16-40/h2-15,18,30,40H,1,16-17,19-20H2,(H,38,41)/t30-,33-/m1/s1. The van der Waals surface area contributed by atoms with E-state index in [1.54, 1.807) is 54.6 Å². The monoisotopic (exact) mass is 684 g/mol. The highest BCUT2D eigenvalue weighted by molar-refractivity contribution is 9.10. The molecular weight excluding hydrogens is 658 g/mol. The highest BCUT2D eigenvalue weighted by atomic mass is 79.9. The first-order chi connectivity index (χ1) is 20.8. The van der Waals surface area contributed by atoms with E-state index in [4.69, 9.17) is 42.8 Å². The Morgan fingerprint density at radius 1 is 1.00 bits per heavy atom. The largest absolute Gasteiger partial charge is 0.494 e. The van der Waals surface area contributed by atoms with Gasteiger partial charge in [0.1, 0.15) is 11.6 Å². The van der Waals surface area contributed by atoms with E-state index in [2.05, 4.69) is 21.2 Å². The lowest BCUT2D eigenvalue weighted by molar-refractivity contribution is -0.129. The van der Waals surface area contributed by atoms with Gasteiger partial charge in [-0.3, -0.25) is 4.79 Å². The number of benzene rings is 4. The maximum atomic E-state index is 14.3. The van der Waals surface area contributed by atoms with Gasteiger partial charge in [0.05, 0.1) is 6.61 Å². The summed E-state index contributed by atoms with van der Waals surface area (Å²) in [6.07, 6.45) is -0.179. The van der Waals surface area contributed by atoms with Crippen molar-refractivity contribution in [2.75, 3.05) is 13.2 Å². The predicted octanol–water partition coefficient (Wildman–Crippen LogP) is 7.47. The van der Waals surface area contributed by atoms with Crippen molar-refractivity contribution in [3.8, 4) is 5.75 Å². The number of amides is 1. The first-order valence-corrected chi connectivity index (χ1v) is 15.1. The lowest BCUT2D eigenvalue weighted by Crippen LogP contribution is -2.49. The van der Waals surface area contributed by atoms with Crippen LogP contribution < -0.4 is 10.1 Å². The Balaban J connectivity index is 1.57. The fourth-order valence-corrected chi connectivity index (χ4v) is 5.60. The molecule has 1 aliphatic rings. The summed E-state index contributed by atoms with van der Waals surface area (Å²) in [5.74, 6) is 0.162. The molecule has 2 N–H and O–H groups in total. The number of halogens is 4. The lowest BCUT2D eigenvalue weighted by atomic mass is 9.82. The molecule has 0 saturated heterocycles. The number of hydrogen-bond donors (Lipinski definition) is 2. The van der Waals surface area contributed by atoms with Crippen LogP contribution in [0.25, 0.3) is 0 Å². The molecule has 0 bridgehead atoms. The van der Waals surface area contributed by atoms with Crippen LogP contribution in [0.2, 0.25) is 10.0 Å². The molecule has 4 aromatic rings. The van der Waals surface area contributed by atoms with Crippen molar-refractivity contribution in [1.29, 1.82) is 0 Å². The molecule has 0 aliphatic carbocycles. The second-order valence-electron chi connectivity index (χ2n) is 10.1. The van der Waals surface area contributed by atoms with Gasteiger partial charge in [0.2, 0.25) is 5.90 Å². The second-order valence-corrected chi connectivity index (χ2v) is 11.8. The van der Waals surface area contributed by atoms with Crippen LogP contribution >= 0.6 is 39.1 Å². The summed E-state index contributed by atoms with van der Waals surface area (Å²) in [6.45, 7) is 0.586. The third-order valence-electron chi connectivity index (χ3n) is 7.03. The van der Waals surface area contributed by atoms with Gasteiger partial charge in [-0.25, -0.2) is 9.38 Å². The van der Waals surface area contributed by atoms with E-state index in [-0.39, 0.29) is 37.2 Å². The topological polar surface area (TPSA) is 80.2 Å². The van der Waals surface area contributed by atoms with E-state index >= 15 is 0 Å². The SMILES string of the molecule is O=C(NCc1ccc(F)cc1)[C@]1(Cc2ccc(Br)cc2)N=C(c2ccc(OCCCO)cc2)O[C@@H]1c1ccc(Cl)cc1Cl. The van der Waals surface area contributed by atoms with Crippen molar-refractivity contribution >= 4 is 50.9 Å². The molecule has 0 fully saturated rings. The normalized spacial score (nSPS) is 17.7. The van der Waals surface area contributed by atoms with E-state index in [1.165, 1.54) is 12.1 Å². The van der Waals surface area contributed by atoms with Crippen LogP contribution in [0, 0.1) is 5.82 Å². The van der Waals surface area contributed by atoms with Crippen LogP contribution in [0.15, 0.2) is 100 Å². The Morgan fingerprint density at radius 2 is 1.70 bits per heavy atom. The lowest BCUT2D eigenvalue weighted by Gasteiger charge is -2.31. The van der Waals surface area contributed by atoms with Gasteiger partial charge < -0.3 is 19.9 Å². The van der Waals surface area contributed by atoms with Gasteiger partial charge in [-0.2, -0.15) is 0 Å². The zero-order chi connectivity index (χ0) is 30.4. The molecule has 6 nitrogen and oxygen atoms in total. The van der Waals surface area contributed by atoms with Gasteiger partial charge in [0, 0.05) is 51.6 Å². The number of ether oxygens (including phenoxy) is 2. The molecule has 0 radical (unpaired) electrons. The number of carbonyl (C=O) groups excluding carboxylic acids is 1. The van der Waals surface area contributed by atoms with E-state index in [0.29, 0.717) is 39.9 Å². The molecule has 5 rings (SSSR count). The van der Waals surface area contributed by atoms with Gasteiger partial charge >= 0.3 is 0 Å². The molecule has 1 amide bonds. The number of aliphatic hydroxyl groups is 1. The summed E-state index contributed by atoms with van der Waals surface area (Å²) in [6, 6.07) is 25.8. The number of hydrogen-bond acceptors (Lipinski definition) is 5. The molecule has 43 heavy (non-hydrogen) atoms. The Hall–Kier alpha value is -3.43. The number of carbonyl (C=O) groups is 1. The molecule has 0 aromatic heterocycles. The number of aliphatic hydroxyl groups excluding tert-OH is 1. The molecule has 10 heteroatoms.